The van der Waals surface area contributed by atoms with E-state index in [0.29, 0.717) is 37.8 Å². The summed E-state index contributed by atoms with van der Waals surface area (Å²) in [6.07, 6.45) is 3.58. The van der Waals surface area contributed by atoms with E-state index in [-0.39, 0.29) is 17.4 Å². The average Bonchev–Trinajstić information content (AvgIpc) is 3.47. The minimum atomic E-state index is -3.57. The zero-order valence-corrected chi connectivity index (χ0v) is 17.2. The molecule has 1 aliphatic heterocycles. The quantitative estimate of drug-likeness (QED) is 0.581. The summed E-state index contributed by atoms with van der Waals surface area (Å²) in [5.41, 5.74) is 1.15. The Balaban J connectivity index is 1.38. The molecule has 0 aliphatic carbocycles. The zero-order valence-electron chi connectivity index (χ0n) is 16.4. The van der Waals surface area contributed by atoms with Crippen LogP contribution in [0.2, 0.25) is 0 Å². The Labute approximate surface area is 169 Å². The lowest BCUT2D eigenvalue weighted by atomic mass is 10.1. The molecule has 29 heavy (non-hydrogen) atoms. The van der Waals surface area contributed by atoms with Crippen molar-refractivity contribution in [2.24, 2.45) is 0 Å². The van der Waals surface area contributed by atoms with Gasteiger partial charge in [-0.05, 0) is 32.4 Å². The van der Waals surface area contributed by atoms with Crippen LogP contribution in [0.1, 0.15) is 36.5 Å². The highest BCUT2D eigenvalue weighted by Gasteiger charge is 2.36. The van der Waals surface area contributed by atoms with Crippen LogP contribution in [0.5, 0.6) is 5.75 Å². The summed E-state index contributed by atoms with van der Waals surface area (Å²) in [5.74, 6) is 1.49. The fourth-order valence-electron chi connectivity index (χ4n) is 3.23. The van der Waals surface area contributed by atoms with Gasteiger partial charge >= 0.3 is 0 Å². The normalized spacial score (nSPS) is 17.7. The van der Waals surface area contributed by atoms with Gasteiger partial charge in [0, 0.05) is 31.7 Å². The minimum absolute atomic E-state index is 0.108. The Hall–Kier alpha value is -2.72. The largest absolute Gasteiger partial charge is 0.484 e. The van der Waals surface area contributed by atoms with E-state index in [1.54, 1.807) is 10.9 Å². The third-order valence-corrected chi connectivity index (χ3v) is 6.77. The second-order valence-corrected chi connectivity index (χ2v) is 8.97. The van der Waals surface area contributed by atoms with Gasteiger partial charge in [0.2, 0.25) is 10.0 Å². The summed E-state index contributed by atoms with van der Waals surface area (Å²) in [7, 11) is -3.57. The molecule has 0 bridgehead atoms. The standard InChI is InChI=1S/C19H23N5O4S/c1-3-23-12-17(10-20-23)29(25,26)24-9-8-15(11-24)19-21-18(28-22-19)13-27-16-6-4-14(2)5-7-16/h4-7,10,12,15H,3,8-9,11,13H2,1-2H3. The number of benzene rings is 1. The third-order valence-electron chi connectivity index (χ3n) is 4.95. The molecule has 1 aliphatic rings. The number of sulfonamides is 1. The van der Waals surface area contributed by atoms with Crippen molar-refractivity contribution < 1.29 is 17.7 Å². The molecule has 1 saturated heterocycles. The Kier molecular flexibility index (Phi) is 5.37. The molecule has 3 aromatic rings. The molecule has 0 spiro atoms. The van der Waals surface area contributed by atoms with Gasteiger partial charge in [0.25, 0.3) is 5.89 Å². The first-order chi connectivity index (χ1) is 14.0. The highest BCUT2D eigenvalue weighted by Crippen LogP contribution is 2.29. The summed E-state index contributed by atoms with van der Waals surface area (Å²) in [6, 6.07) is 7.69. The summed E-state index contributed by atoms with van der Waals surface area (Å²) >= 11 is 0. The SMILES string of the molecule is CCn1cc(S(=O)(=O)N2CCC(c3noc(COc4ccc(C)cc4)n3)C2)cn1. The van der Waals surface area contributed by atoms with Crippen LogP contribution in [0, 0.1) is 6.92 Å². The lowest BCUT2D eigenvalue weighted by Crippen LogP contribution is -2.28. The zero-order chi connectivity index (χ0) is 20.4. The molecule has 0 amide bonds. The van der Waals surface area contributed by atoms with Gasteiger partial charge in [0.05, 0.1) is 6.20 Å². The van der Waals surface area contributed by atoms with Crippen molar-refractivity contribution >= 4 is 10.0 Å². The first-order valence-corrected chi connectivity index (χ1v) is 10.9. The summed E-state index contributed by atoms with van der Waals surface area (Å²) in [6.45, 7) is 5.43. The number of nitrogens with zero attached hydrogens (tertiary/aromatic N) is 5. The molecule has 0 radical (unpaired) electrons. The fraction of sp³-hybridized carbons (Fsp3) is 0.421. The Morgan fingerprint density at radius 3 is 2.79 bits per heavy atom. The molecule has 1 aromatic carbocycles. The lowest BCUT2D eigenvalue weighted by Gasteiger charge is -2.14. The first-order valence-electron chi connectivity index (χ1n) is 9.50. The minimum Gasteiger partial charge on any atom is -0.484 e. The topological polar surface area (TPSA) is 103 Å². The van der Waals surface area contributed by atoms with Crippen LogP contribution >= 0.6 is 0 Å². The van der Waals surface area contributed by atoms with Crippen molar-refractivity contribution in [3.05, 3.63) is 53.9 Å². The highest BCUT2D eigenvalue weighted by atomic mass is 32.2. The molecule has 1 fully saturated rings. The van der Waals surface area contributed by atoms with Gasteiger partial charge in [0.15, 0.2) is 12.4 Å². The predicted molar refractivity (Wildman–Crippen MR) is 104 cm³/mol. The smallest absolute Gasteiger partial charge is 0.264 e. The highest BCUT2D eigenvalue weighted by molar-refractivity contribution is 7.89. The average molecular weight is 417 g/mol. The van der Waals surface area contributed by atoms with Gasteiger partial charge < -0.3 is 9.26 Å². The van der Waals surface area contributed by atoms with Crippen molar-refractivity contribution in [3.63, 3.8) is 0 Å². The van der Waals surface area contributed by atoms with E-state index in [4.69, 9.17) is 9.26 Å². The molecule has 1 atom stereocenters. The van der Waals surface area contributed by atoms with E-state index >= 15 is 0 Å². The van der Waals surface area contributed by atoms with Gasteiger partial charge in [-0.25, -0.2) is 8.42 Å². The molecule has 0 N–H and O–H groups in total. The van der Waals surface area contributed by atoms with E-state index in [9.17, 15) is 8.42 Å². The fourth-order valence-corrected chi connectivity index (χ4v) is 4.68. The molecular weight excluding hydrogens is 394 g/mol. The summed E-state index contributed by atoms with van der Waals surface area (Å²) in [5, 5.41) is 8.09. The summed E-state index contributed by atoms with van der Waals surface area (Å²) in [4.78, 5) is 4.60. The summed E-state index contributed by atoms with van der Waals surface area (Å²) < 4.78 is 39.6. The molecule has 1 unspecified atom stereocenters. The number of aryl methyl sites for hydroxylation is 2. The first kappa shape index (κ1) is 19.6. The Morgan fingerprint density at radius 1 is 1.28 bits per heavy atom. The molecule has 154 valence electrons. The van der Waals surface area contributed by atoms with E-state index in [1.807, 2.05) is 38.1 Å². The number of aromatic nitrogens is 4. The maximum absolute atomic E-state index is 12.8. The van der Waals surface area contributed by atoms with Crippen LogP contribution in [0.4, 0.5) is 0 Å². The number of rotatable bonds is 7. The van der Waals surface area contributed by atoms with Gasteiger partial charge in [0.1, 0.15) is 10.6 Å². The Morgan fingerprint density at radius 2 is 2.07 bits per heavy atom. The van der Waals surface area contributed by atoms with Gasteiger partial charge in [-0.3, -0.25) is 4.68 Å². The van der Waals surface area contributed by atoms with Crippen molar-refractivity contribution in [2.75, 3.05) is 13.1 Å². The number of ether oxygens (including phenoxy) is 1. The van der Waals surface area contributed by atoms with Crippen LogP contribution in [0.15, 0.2) is 46.1 Å². The number of hydrogen-bond acceptors (Lipinski definition) is 7. The van der Waals surface area contributed by atoms with Crippen molar-refractivity contribution in [3.8, 4) is 5.75 Å². The number of hydrogen-bond donors (Lipinski definition) is 0. The van der Waals surface area contributed by atoms with E-state index in [2.05, 4.69) is 15.2 Å². The Bertz CT molecular complexity index is 1070. The molecule has 0 saturated carbocycles. The molecule has 10 heteroatoms. The third kappa shape index (κ3) is 4.18. The predicted octanol–water partition coefficient (Wildman–Crippen LogP) is 2.35. The van der Waals surface area contributed by atoms with Crippen molar-refractivity contribution in [2.45, 2.75) is 44.2 Å². The second kappa shape index (κ2) is 7.96. The van der Waals surface area contributed by atoms with Gasteiger partial charge in [-0.15, -0.1) is 0 Å². The molecular formula is C19H23N5O4S. The monoisotopic (exact) mass is 417 g/mol. The maximum atomic E-state index is 12.8. The van der Waals surface area contributed by atoms with Crippen LogP contribution < -0.4 is 4.74 Å². The second-order valence-electron chi connectivity index (χ2n) is 7.03. The molecule has 2 aromatic heterocycles. The van der Waals surface area contributed by atoms with E-state index < -0.39 is 10.0 Å². The lowest BCUT2D eigenvalue weighted by molar-refractivity contribution is 0.242. The van der Waals surface area contributed by atoms with Crippen LogP contribution in [0.25, 0.3) is 0 Å². The van der Waals surface area contributed by atoms with Gasteiger partial charge in [-0.2, -0.15) is 14.4 Å². The maximum Gasteiger partial charge on any atom is 0.264 e. The molecule has 9 nitrogen and oxygen atoms in total. The van der Waals surface area contributed by atoms with Crippen LogP contribution in [0.3, 0.4) is 0 Å². The van der Waals surface area contributed by atoms with Crippen molar-refractivity contribution in [1.82, 2.24) is 24.2 Å². The van der Waals surface area contributed by atoms with E-state index in [0.717, 1.165) is 11.3 Å². The van der Waals surface area contributed by atoms with Gasteiger partial charge in [-0.1, -0.05) is 22.9 Å². The van der Waals surface area contributed by atoms with Crippen LogP contribution in [-0.4, -0.2) is 45.7 Å². The van der Waals surface area contributed by atoms with Crippen molar-refractivity contribution in [1.29, 1.82) is 0 Å². The van der Waals surface area contributed by atoms with Crippen LogP contribution in [-0.2, 0) is 23.2 Å². The molecule has 3 heterocycles. The van der Waals surface area contributed by atoms with E-state index in [1.165, 1.54) is 10.5 Å². The molecule has 4 rings (SSSR count).